The molecule has 114 valence electrons. The predicted molar refractivity (Wildman–Crippen MR) is 79.3 cm³/mol. The van der Waals surface area contributed by atoms with Crippen LogP contribution in [0.1, 0.15) is 18.9 Å². The van der Waals surface area contributed by atoms with Gasteiger partial charge in [0.25, 0.3) is 0 Å². The van der Waals surface area contributed by atoms with Crippen LogP contribution in [0.4, 0.5) is 0 Å². The van der Waals surface area contributed by atoms with E-state index in [9.17, 15) is 13.2 Å². The summed E-state index contributed by atoms with van der Waals surface area (Å²) in [6.07, 6.45) is -0.161. The van der Waals surface area contributed by atoms with E-state index in [0.29, 0.717) is 5.52 Å². The molecule has 0 atom stereocenters. The van der Waals surface area contributed by atoms with Crippen molar-refractivity contribution < 1.29 is 17.9 Å². The zero-order chi connectivity index (χ0) is 15.3. The average molecular weight is 329 g/mol. The summed E-state index contributed by atoms with van der Waals surface area (Å²) < 4.78 is 39.1. The Bertz CT molecular complexity index is 727. The van der Waals surface area contributed by atoms with Crippen molar-refractivity contribution in [2.24, 2.45) is 0 Å². The van der Waals surface area contributed by atoms with Crippen LogP contribution in [0, 0.1) is 0 Å². The molecule has 0 aliphatic rings. The molecule has 1 aromatic heterocycles. The largest absolute Gasteiger partial charge is 0.466 e. The lowest BCUT2D eigenvalue weighted by Gasteiger charge is -2.07. The Morgan fingerprint density at radius 2 is 2.19 bits per heavy atom. The Kier molecular flexibility index (Phi) is 5.21. The van der Waals surface area contributed by atoms with Crippen LogP contribution in [0.5, 0.6) is 0 Å². The molecule has 0 amide bonds. The highest BCUT2D eigenvalue weighted by molar-refractivity contribution is 7.89. The summed E-state index contributed by atoms with van der Waals surface area (Å²) in [5, 5.41) is 0. The maximum Gasteiger partial charge on any atom is 0.306 e. The van der Waals surface area contributed by atoms with Crippen molar-refractivity contribution in [3.8, 4) is 0 Å². The van der Waals surface area contributed by atoms with Gasteiger partial charge in [0, 0.05) is 6.54 Å². The molecule has 0 unspecified atom stereocenters. The third-order valence-corrected chi connectivity index (χ3v) is 4.60. The van der Waals surface area contributed by atoms with Gasteiger partial charge in [-0.1, -0.05) is 12.1 Å². The monoisotopic (exact) mass is 329 g/mol. The topological polar surface area (TPSA) is 98.2 Å². The summed E-state index contributed by atoms with van der Waals surface area (Å²) in [7, 11) is -3.54. The van der Waals surface area contributed by atoms with Crippen LogP contribution >= 0.6 is 11.7 Å². The lowest BCUT2D eigenvalue weighted by Crippen LogP contribution is -2.27. The quantitative estimate of drug-likeness (QED) is 0.763. The fraction of sp³-hybridized carbons (Fsp3) is 0.417. The molecule has 2 rings (SSSR count). The fourth-order valence-corrected chi connectivity index (χ4v) is 3.24. The lowest BCUT2D eigenvalue weighted by molar-refractivity contribution is -0.142. The highest BCUT2D eigenvalue weighted by atomic mass is 32.2. The summed E-state index contributed by atoms with van der Waals surface area (Å²) in [5.74, 6) is -0.814. The maximum absolute atomic E-state index is 11.8. The number of nitrogens with one attached hydrogen (secondary N) is 1. The van der Waals surface area contributed by atoms with Crippen molar-refractivity contribution in [3.05, 3.63) is 23.8 Å². The first kappa shape index (κ1) is 15.8. The van der Waals surface area contributed by atoms with E-state index in [1.165, 1.54) is 0 Å². The zero-order valence-electron chi connectivity index (χ0n) is 11.4. The molecular weight excluding hydrogens is 314 g/mol. The normalized spacial score (nSPS) is 11.7. The Hall–Kier alpha value is -1.58. The molecule has 0 bridgehead atoms. The number of aromatic nitrogens is 2. The molecule has 0 fully saturated rings. The van der Waals surface area contributed by atoms with Gasteiger partial charge in [-0.25, -0.2) is 13.1 Å². The summed E-state index contributed by atoms with van der Waals surface area (Å²) in [5.41, 5.74) is 2.18. The molecule has 1 aromatic carbocycles. The molecule has 0 aliphatic carbocycles. The molecule has 1 heterocycles. The van der Waals surface area contributed by atoms with Gasteiger partial charge in [0.05, 0.1) is 30.5 Å². The van der Waals surface area contributed by atoms with Crippen LogP contribution in [-0.4, -0.2) is 35.5 Å². The van der Waals surface area contributed by atoms with E-state index >= 15 is 0 Å². The lowest BCUT2D eigenvalue weighted by atomic mass is 10.2. The highest BCUT2D eigenvalue weighted by Gasteiger charge is 2.14. The van der Waals surface area contributed by atoms with Gasteiger partial charge in [0.1, 0.15) is 11.0 Å². The minimum absolute atomic E-state index is 0.119. The van der Waals surface area contributed by atoms with E-state index in [-0.39, 0.29) is 25.3 Å². The van der Waals surface area contributed by atoms with Gasteiger partial charge < -0.3 is 4.74 Å². The first-order chi connectivity index (χ1) is 10.0. The van der Waals surface area contributed by atoms with Crippen molar-refractivity contribution >= 4 is 38.8 Å². The minimum Gasteiger partial charge on any atom is -0.466 e. The van der Waals surface area contributed by atoms with Gasteiger partial charge in [-0.15, -0.1) is 0 Å². The number of hydrogen-bond acceptors (Lipinski definition) is 7. The van der Waals surface area contributed by atoms with Gasteiger partial charge in [0.2, 0.25) is 10.0 Å². The number of rotatable bonds is 7. The van der Waals surface area contributed by atoms with Crippen molar-refractivity contribution in [2.75, 3.05) is 12.4 Å². The molecule has 0 saturated heterocycles. The molecular formula is C12H15N3O4S2. The molecule has 9 heteroatoms. The van der Waals surface area contributed by atoms with Crippen molar-refractivity contribution in [3.63, 3.8) is 0 Å². The summed E-state index contributed by atoms with van der Waals surface area (Å²) >= 11 is 1.08. The number of benzene rings is 1. The molecule has 0 spiro atoms. The Balaban J connectivity index is 1.95. The third kappa shape index (κ3) is 4.45. The van der Waals surface area contributed by atoms with Gasteiger partial charge in [-0.2, -0.15) is 8.75 Å². The van der Waals surface area contributed by atoms with Gasteiger partial charge in [0.15, 0.2) is 0 Å². The zero-order valence-corrected chi connectivity index (χ0v) is 13.0. The fourth-order valence-electron chi connectivity index (χ4n) is 1.72. The number of nitrogens with zero attached hydrogens (tertiary/aromatic N) is 2. The van der Waals surface area contributed by atoms with Crippen molar-refractivity contribution in [1.82, 2.24) is 13.5 Å². The number of carbonyl (C=O) groups excluding carboxylic acids is 1. The van der Waals surface area contributed by atoms with E-state index in [4.69, 9.17) is 4.74 Å². The summed E-state index contributed by atoms with van der Waals surface area (Å²) in [6.45, 7) is 2.03. The first-order valence-electron chi connectivity index (χ1n) is 6.35. The maximum atomic E-state index is 11.8. The smallest absolute Gasteiger partial charge is 0.306 e. The van der Waals surface area contributed by atoms with Crippen LogP contribution in [0.3, 0.4) is 0 Å². The van der Waals surface area contributed by atoms with Crippen LogP contribution in [0.2, 0.25) is 0 Å². The second-order valence-corrected chi connectivity index (χ2v) is 6.70. The Morgan fingerprint density at radius 1 is 1.38 bits per heavy atom. The Labute approximate surface area is 126 Å². The molecule has 0 radical (unpaired) electrons. The standard InChI is InChI=1S/C12H15N3O4S2/c1-2-19-11(16)6-7-21(17,18)13-8-9-4-3-5-10-12(9)15-20-14-10/h3-5,13H,2,6-8H2,1H3. The minimum atomic E-state index is -3.54. The van der Waals surface area contributed by atoms with Gasteiger partial charge >= 0.3 is 5.97 Å². The van der Waals surface area contributed by atoms with Crippen LogP contribution in [0.25, 0.3) is 11.0 Å². The van der Waals surface area contributed by atoms with E-state index in [2.05, 4.69) is 13.5 Å². The second kappa shape index (κ2) is 6.92. The summed E-state index contributed by atoms with van der Waals surface area (Å²) in [4.78, 5) is 11.2. The molecule has 1 N–H and O–H groups in total. The van der Waals surface area contributed by atoms with Crippen molar-refractivity contribution in [2.45, 2.75) is 19.9 Å². The molecule has 0 saturated carbocycles. The second-order valence-electron chi connectivity index (χ2n) is 4.24. The number of carbonyl (C=O) groups is 1. The van der Waals surface area contributed by atoms with Crippen LogP contribution < -0.4 is 4.72 Å². The number of hydrogen-bond donors (Lipinski definition) is 1. The van der Waals surface area contributed by atoms with E-state index in [1.54, 1.807) is 19.1 Å². The molecule has 7 nitrogen and oxygen atoms in total. The number of ether oxygens (including phenoxy) is 1. The van der Waals surface area contributed by atoms with Gasteiger partial charge in [-0.05, 0) is 18.6 Å². The highest BCUT2D eigenvalue weighted by Crippen LogP contribution is 2.16. The van der Waals surface area contributed by atoms with Crippen molar-refractivity contribution in [1.29, 1.82) is 0 Å². The Morgan fingerprint density at radius 3 is 2.95 bits per heavy atom. The summed E-state index contributed by atoms with van der Waals surface area (Å²) in [6, 6.07) is 5.40. The SMILES string of the molecule is CCOC(=O)CCS(=O)(=O)NCc1cccc2nsnc12. The molecule has 21 heavy (non-hydrogen) atoms. The number of esters is 1. The molecule has 0 aliphatic heterocycles. The first-order valence-corrected chi connectivity index (χ1v) is 8.73. The average Bonchev–Trinajstić information content (AvgIpc) is 2.92. The van der Waals surface area contributed by atoms with E-state index < -0.39 is 16.0 Å². The van der Waals surface area contributed by atoms with E-state index in [1.807, 2.05) is 6.07 Å². The van der Waals surface area contributed by atoms with Crippen LogP contribution in [-0.2, 0) is 26.1 Å². The van der Waals surface area contributed by atoms with Crippen LogP contribution in [0.15, 0.2) is 18.2 Å². The van der Waals surface area contributed by atoms with E-state index in [0.717, 1.165) is 22.8 Å². The van der Waals surface area contributed by atoms with Gasteiger partial charge in [-0.3, -0.25) is 4.79 Å². The molecule has 2 aromatic rings. The number of fused-ring (bicyclic) bond motifs is 1. The number of sulfonamides is 1. The predicted octanol–water partition coefficient (Wildman–Crippen LogP) is 1.06. The third-order valence-electron chi connectivity index (χ3n) is 2.73.